The average Bonchev–Trinajstić information content (AvgIpc) is 2.45. The SMILES string of the molecule is CC(C)N(CC1CCCCN1)c1ccc([N+](=O)[O-])c(N)n1. The minimum absolute atomic E-state index is 0.0280. The van der Waals surface area contributed by atoms with Crippen LogP contribution in [0.3, 0.4) is 0 Å². The number of nitrogens with two attached hydrogens (primary N) is 1. The number of nitrogens with zero attached hydrogens (tertiary/aromatic N) is 3. The number of anilines is 2. The van der Waals surface area contributed by atoms with Gasteiger partial charge in [-0.3, -0.25) is 10.1 Å². The lowest BCUT2D eigenvalue weighted by Crippen LogP contribution is -2.46. The number of piperidine rings is 1. The highest BCUT2D eigenvalue weighted by Gasteiger charge is 2.22. The maximum absolute atomic E-state index is 10.8. The first-order valence-corrected chi connectivity index (χ1v) is 7.40. The van der Waals surface area contributed by atoms with Gasteiger partial charge in [-0.1, -0.05) is 6.42 Å². The Balaban J connectivity index is 2.17. The fraction of sp³-hybridized carbons (Fsp3) is 0.643. The van der Waals surface area contributed by atoms with Gasteiger partial charge in [-0.15, -0.1) is 0 Å². The molecule has 21 heavy (non-hydrogen) atoms. The second-order valence-corrected chi connectivity index (χ2v) is 5.72. The molecule has 0 saturated carbocycles. The molecule has 0 aliphatic carbocycles. The monoisotopic (exact) mass is 293 g/mol. The molecule has 1 aromatic heterocycles. The van der Waals surface area contributed by atoms with E-state index in [4.69, 9.17) is 5.73 Å². The fourth-order valence-corrected chi connectivity index (χ4v) is 2.66. The van der Waals surface area contributed by atoms with Gasteiger partial charge in [0.25, 0.3) is 0 Å². The van der Waals surface area contributed by atoms with Crippen LogP contribution in [0.2, 0.25) is 0 Å². The number of nitro groups is 1. The molecule has 116 valence electrons. The Morgan fingerprint density at radius 3 is 2.81 bits per heavy atom. The van der Waals surface area contributed by atoms with Crippen LogP contribution in [-0.2, 0) is 0 Å². The molecule has 1 fully saturated rings. The van der Waals surface area contributed by atoms with Crippen molar-refractivity contribution in [2.24, 2.45) is 0 Å². The predicted molar refractivity (Wildman–Crippen MR) is 83.4 cm³/mol. The van der Waals surface area contributed by atoms with Gasteiger partial charge in [0.1, 0.15) is 5.82 Å². The largest absolute Gasteiger partial charge is 0.378 e. The molecule has 0 amide bonds. The van der Waals surface area contributed by atoms with Crippen molar-refractivity contribution < 1.29 is 4.92 Å². The lowest BCUT2D eigenvalue weighted by atomic mass is 10.0. The second kappa shape index (κ2) is 6.71. The molecule has 3 N–H and O–H groups in total. The molecule has 0 radical (unpaired) electrons. The van der Waals surface area contributed by atoms with Crippen molar-refractivity contribution in [2.45, 2.75) is 45.2 Å². The molecule has 0 aromatic carbocycles. The van der Waals surface area contributed by atoms with Crippen molar-refractivity contribution >= 4 is 17.3 Å². The van der Waals surface area contributed by atoms with Gasteiger partial charge in [0, 0.05) is 24.7 Å². The maximum atomic E-state index is 10.8. The van der Waals surface area contributed by atoms with Crippen LogP contribution in [0.4, 0.5) is 17.3 Å². The van der Waals surface area contributed by atoms with Gasteiger partial charge in [-0.25, -0.2) is 4.98 Å². The summed E-state index contributed by atoms with van der Waals surface area (Å²) in [6.45, 7) is 6.05. The molecule has 0 bridgehead atoms. The van der Waals surface area contributed by atoms with E-state index < -0.39 is 4.92 Å². The zero-order chi connectivity index (χ0) is 15.4. The zero-order valence-electron chi connectivity index (χ0n) is 12.6. The first kappa shape index (κ1) is 15.5. The molecule has 1 saturated heterocycles. The molecule has 2 rings (SSSR count). The Labute approximate surface area is 124 Å². The van der Waals surface area contributed by atoms with E-state index in [1.54, 1.807) is 6.07 Å². The van der Waals surface area contributed by atoms with E-state index in [0.29, 0.717) is 11.9 Å². The summed E-state index contributed by atoms with van der Waals surface area (Å²) in [4.78, 5) is 16.7. The number of hydrogen-bond donors (Lipinski definition) is 2. The van der Waals surface area contributed by atoms with E-state index in [1.807, 2.05) is 0 Å². The summed E-state index contributed by atoms with van der Waals surface area (Å²) in [6, 6.07) is 3.79. The summed E-state index contributed by atoms with van der Waals surface area (Å²) >= 11 is 0. The highest BCUT2D eigenvalue weighted by Crippen LogP contribution is 2.24. The third-order valence-corrected chi connectivity index (χ3v) is 3.83. The molecule has 7 nitrogen and oxygen atoms in total. The highest BCUT2D eigenvalue weighted by atomic mass is 16.6. The van der Waals surface area contributed by atoms with E-state index in [-0.39, 0.29) is 17.5 Å². The van der Waals surface area contributed by atoms with Crippen LogP contribution >= 0.6 is 0 Å². The number of pyridine rings is 1. The van der Waals surface area contributed by atoms with Gasteiger partial charge >= 0.3 is 5.69 Å². The van der Waals surface area contributed by atoms with E-state index in [1.165, 1.54) is 18.9 Å². The molecular weight excluding hydrogens is 270 g/mol. The third kappa shape index (κ3) is 3.81. The first-order valence-electron chi connectivity index (χ1n) is 7.40. The van der Waals surface area contributed by atoms with Crippen LogP contribution in [0, 0.1) is 10.1 Å². The van der Waals surface area contributed by atoms with E-state index in [0.717, 1.165) is 19.5 Å². The smallest absolute Gasteiger partial charge is 0.311 e. The minimum Gasteiger partial charge on any atom is -0.378 e. The van der Waals surface area contributed by atoms with Crippen LogP contribution in [0.15, 0.2) is 12.1 Å². The van der Waals surface area contributed by atoms with Gasteiger partial charge < -0.3 is 16.0 Å². The van der Waals surface area contributed by atoms with Crippen molar-refractivity contribution in [3.63, 3.8) is 0 Å². The number of nitrogen functional groups attached to an aromatic ring is 1. The maximum Gasteiger partial charge on any atom is 0.311 e. The Hall–Kier alpha value is -1.89. The molecule has 1 aliphatic rings. The number of aromatic nitrogens is 1. The van der Waals surface area contributed by atoms with Crippen molar-refractivity contribution in [3.8, 4) is 0 Å². The Kier molecular flexibility index (Phi) is 4.95. The summed E-state index contributed by atoms with van der Waals surface area (Å²) in [5.41, 5.74) is 5.56. The van der Waals surface area contributed by atoms with Crippen molar-refractivity contribution in [3.05, 3.63) is 22.2 Å². The normalized spacial score (nSPS) is 18.7. The molecule has 2 heterocycles. The standard InChI is InChI=1S/C14H23N5O2/c1-10(2)18(9-11-5-3-4-8-16-11)13-7-6-12(19(20)21)14(15)17-13/h6-7,10-11,16H,3-5,8-9H2,1-2H3,(H2,15,17). The van der Waals surface area contributed by atoms with Crippen molar-refractivity contribution in [2.75, 3.05) is 23.7 Å². The van der Waals surface area contributed by atoms with Gasteiger partial charge in [0.15, 0.2) is 0 Å². The quantitative estimate of drug-likeness (QED) is 0.636. The Morgan fingerprint density at radius 2 is 2.29 bits per heavy atom. The summed E-state index contributed by atoms with van der Waals surface area (Å²) in [7, 11) is 0. The molecular formula is C14H23N5O2. The van der Waals surface area contributed by atoms with Crippen LogP contribution in [0.25, 0.3) is 0 Å². The van der Waals surface area contributed by atoms with Gasteiger partial charge in [-0.05, 0) is 39.3 Å². The summed E-state index contributed by atoms with van der Waals surface area (Å²) in [5.74, 6) is 0.667. The van der Waals surface area contributed by atoms with Crippen molar-refractivity contribution in [1.29, 1.82) is 0 Å². The zero-order valence-corrected chi connectivity index (χ0v) is 12.6. The molecule has 1 aromatic rings. The molecule has 7 heteroatoms. The molecule has 1 aliphatic heterocycles. The number of rotatable bonds is 5. The van der Waals surface area contributed by atoms with Crippen molar-refractivity contribution in [1.82, 2.24) is 10.3 Å². The average molecular weight is 293 g/mol. The van der Waals surface area contributed by atoms with Crippen LogP contribution in [0.1, 0.15) is 33.1 Å². The van der Waals surface area contributed by atoms with Crippen LogP contribution in [0.5, 0.6) is 0 Å². The minimum atomic E-state index is -0.505. The van der Waals surface area contributed by atoms with E-state index in [2.05, 4.69) is 29.0 Å². The van der Waals surface area contributed by atoms with E-state index >= 15 is 0 Å². The molecule has 1 unspecified atom stereocenters. The topological polar surface area (TPSA) is 97.3 Å². The van der Waals surface area contributed by atoms with Crippen LogP contribution in [-0.4, -0.2) is 35.1 Å². The lowest BCUT2D eigenvalue weighted by Gasteiger charge is -2.34. The van der Waals surface area contributed by atoms with Gasteiger partial charge in [0.2, 0.25) is 5.82 Å². The summed E-state index contributed by atoms with van der Waals surface area (Å²) in [5, 5.41) is 14.3. The highest BCUT2D eigenvalue weighted by molar-refractivity contribution is 5.58. The predicted octanol–water partition coefficient (Wildman–Crippen LogP) is 1.93. The fourth-order valence-electron chi connectivity index (χ4n) is 2.66. The second-order valence-electron chi connectivity index (χ2n) is 5.72. The first-order chi connectivity index (χ1) is 9.99. The summed E-state index contributed by atoms with van der Waals surface area (Å²) in [6.07, 6.45) is 3.60. The van der Waals surface area contributed by atoms with Gasteiger partial charge in [-0.2, -0.15) is 0 Å². The number of nitrogens with one attached hydrogen (secondary N) is 1. The summed E-state index contributed by atoms with van der Waals surface area (Å²) < 4.78 is 0. The molecule has 1 atom stereocenters. The molecule has 0 spiro atoms. The lowest BCUT2D eigenvalue weighted by molar-refractivity contribution is -0.384. The van der Waals surface area contributed by atoms with Crippen LogP contribution < -0.4 is 16.0 Å². The van der Waals surface area contributed by atoms with Gasteiger partial charge in [0.05, 0.1) is 4.92 Å². The third-order valence-electron chi connectivity index (χ3n) is 3.83. The Morgan fingerprint density at radius 1 is 1.52 bits per heavy atom. The number of hydrogen-bond acceptors (Lipinski definition) is 6. The van der Waals surface area contributed by atoms with E-state index in [9.17, 15) is 10.1 Å². The Bertz CT molecular complexity index is 500.